The van der Waals surface area contributed by atoms with E-state index in [1.54, 1.807) is 11.3 Å². The molecule has 0 radical (unpaired) electrons. The molecule has 0 spiro atoms. The number of carbonyl (C=O) groups excluding carboxylic acids is 1. The molecule has 1 aliphatic heterocycles. The van der Waals surface area contributed by atoms with Crippen LogP contribution in [0.25, 0.3) is 0 Å². The number of nitrogens with two attached hydrogens (primary N) is 1. The lowest BCUT2D eigenvalue weighted by molar-refractivity contribution is 0.0698. The lowest BCUT2D eigenvalue weighted by atomic mass is 10.1. The van der Waals surface area contributed by atoms with Crippen LogP contribution in [0.1, 0.15) is 45.3 Å². The van der Waals surface area contributed by atoms with Gasteiger partial charge in [-0.3, -0.25) is 4.79 Å². The van der Waals surface area contributed by atoms with E-state index in [9.17, 15) is 4.79 Å². The molecule has 3 rings (SSSR count). The minimum atomic E-state index is 0. The van der Waals surface area contributed by atoms with E-state index < -0.39 is 0 Å². The van der Waals surface area contributed by atoms with Crippen molar-refractivity contribution in [3.05, 3.63) is 21.4 Å². The smallest absolute Gasteiger partial charge is 0.261 e. The summed E-state index contributed by atoms with van der Waals surface area (Å²) in [5.41, 5.74) is 7.17. The molecule has 2 atom stereocenters. The fourth-order valence-electron chi connectivity index (χ4n) is 2.65. The van der Waals surface area contributed by atoms with Crippen LogP contribution in [-0.4, -0.2) is 31.2 Å². The summed E-state index contributed by atoms with van der Waals surface area (Å²) in [6.45, 7) is 3.57. The average Bonchev–Trinajstić information content (AvgIpc) is 2.98. The van der Waals surface area contributed by atoms with Crippen LogP contribution in [0.3, 0.4) is 0 Å². The lowest BCUT2D eigenvalue weighted by Gasteiger charge is -2.22. The van der Waals surface area contributed by atoms with Gasteiger partial charge in [-0.1, -0.05) is 0 Å². The molecular formula is C14H21ClN2O2S. The number of nitrogens with one attached hydrogen (secondary N) is 1. The molecule has 1 aromatic rings. The number of amides is 1. The molecule has 2 aliphatic rings. The Kier molecular flexibility index (Phi) is 5.07. The predicted octanol–water partition coefficient (Wildman–Crippen LogP) is 2.20. The maximum atomic E-state index is 12.2. The van der Waals surface area contributed by atoms with Crippen LogP contribution < -0.4 is 11.1 Å². The Hall–Kier alpha value is -0.620. The van der Waals surface area contributed by atoms with Gasteiger partial charge < -0.3 is 15.8 Å². The van der Waals surface area contributed by atoms with E-state index >= 15 is 0 Å². The molecule has 0 bridgehead atoms. The number of aryl methyl sites for hydroxylation is 1. The molecule has 2 fully saturated rings. The largest absolute Gasteiger partial charge is 0.381 e. The Morgan fingerprint density at radius 2 is 2.10 bits per heavy atom. The van der Waals surface area contributed by atoms with Crippen molar-refractivity contribution in [1.29, 1.82) is 0 Å². The summed E-state index contributed by atoms with van der Waals surface area (Å²) >= 11 is 1.58. The molecule has 2 unspecified atom stereocenters. The molecule has 20 heavy (non-hydrogen) atoms. The first kappa shape index (κ1) is 15.8. The number of thiophene rings is 1. The molecule has 6 heteroatoms. The van der Waals surface area contributed by atoms with Crippen molar-refractivity contribution >= 4 is 29.7 Å². The molecule has 1 aliphatic carbocycles. The van der Waals surface area contributed by atoms with Crippen LogP contribution >= 0.6 is 23.7 Å². The number of halogens is 1. The second-order valence-electron chi connectivity index (χ2n) is 5.49. The van der Waals surface area contributed by atoms with Gasteiger partial charge in [0.15, 0.2) is 0 Å². The number of hydrogen-bond donors (Lipinski definition) is 2. The molecular weight excluding hydrogens is 296 g/mol. The number of carbonyl (C=O) groups is 1. The highest BCUT2D eigenvalue weighted by Gasteiger charge is 2.37. The van der Waals surface area contributed by atoms with Crippen LogP contribution in [0.5, 0.6) is 0 Å². The van der Waals surface area contributed by atoms with Crippen LogP contribution in [0.15, 0.2) is 6.07 Å². The van der Waals surface area contributed by atoms with Gasteiger partial charge >= 0.3 is 0 Å². The maximum Gasteiger partial charge on any atom is 0.261 e. The van der Waals surface area contributed by atoms with Crippen molar-refractivity contribution in [2.75, 3.05) is 13.2 Å². The van der Waals surface area contributed by atoms with Gasteiger partial charge in [-0.15, -0.1) is 23.7 Å². The third-order valence-corrected chi connectivity index (χ3v) is 5.04. The lowest BCUT2D eigenvalue weighted by Crippen LogP contribution is -2.38. The Bertz CT molecular complexity index is 486. The van der Waals surface area contributed by atoms with Gasteiger partial charge in [-0.25, -0.2) is 0 Å². The normalized spacial score (nSPS) is 25.9. The monoisotopic (exact) mass is 316 g/mol. The highest BCUT2D eigenvalue weighted by molar-refractivity contribution is 7.14. The Morgan fingerprint density at radius 3 is 2.70 bits per heavy atom. The van der Waals surface area contributed by atoms with Gasteiger partial charge in [-0.2, -0.15) is 0 Å². The minimum Gasteiger partial charge on any atom is -0.381 e. The summed E-state index contributed by atoms with van der Waals surface area (Å²) in [6.07, 6.45) is 2.88. The van der Waals surface area contributed by atoms with Gasteiger partial charge in [0.05, 0.1) is 4.88 Å². The van der Waals surface area contributed by atoms with Crippen LogP contribution in [0, 0.1) is 6.92 Å². The van der Waals surface area contributed by atoms with E-state index in [4.69, 9.17) is 10.5 Å². The van der Waals surface area contributed by atoms with Crippen molar-refractivity contribution in [1.82, 2.24) is 5.32 Å². The number of hydrogen-bond acceptors (Lipinski definition) is 4. The third-order valence-electron chi connectivity index (χ3n) is 3.98. The maximum absolute atomic E-state index is 12.2. The zero-order chi connectivity index (χ0) is 13.4. The Balaban J connectivity index is 0.00000147. The van der Waals surface area contributed by atoms with Gasteiger partial charge in [0.2, 0.25) is 0 Å². The molecule has 1 saturated heterocycles. The SMILES string of the molecule is Cc1sc(C(=O)NC2CCOCC2)cc1C1CC1N.Cl. The summed E-state index contributed by atoms with van der Waals surface area (Å²) in [4.78, 5) is 14.3. The van der Waals surface area contributed by atoms with E-state index in [2.05, 4.69) is 12.2 Å². The van der Waals surface area contributed by atoms with Crippen molar-refractivity contribution < 1.29 is 9.53 Å². The van der Waals surface area contributed by atoms with Crippen molar-refractivity contribution in [2.45, 2.75) is 44.2 Å². The van der Waals surface area contributed by atoms with Crippen molar-refractivity contribution in [2.24, 2.45) is 5.73 Å². The zero-order valence-electron chi connectivity index (χ0n) is 11.6. The highest BCUT2D eigenvalue weighted by atomic mass is 35.5. The summed E-state index contributed by atoms with van der Waals surface area (Å²) in [6, 6.07) is 2.58. The standard InChI is InChI=1S/C14H20N2O2S.ClH/c1-8-10(11-6-12(11)15)7-13(19-8)14(17)16-9-2-4-18-5-3-9;/h7,9,11-12H,2-6,15H2,1H3,(H,16,17);1H. The molecule has 112 valence electrons. The van der Waals surface area contributed by atoms with E-state index in [0.29, 0.717) is 12.0 Å². The van der Waals surface area contributed by atoms with Crippen molar-refractivity contribution in [3.63, 3.8) is 0 Å². The molecule has 1 saturated carbocycles. The van der Waals surface area contributed by atoms with Gasteiger partial charge in [-0.05, 0) is 37.8 Å². The van der Waals surface area contributed by atoms with E-state index in [-0.39, 0.29) is 24.4 Å². The predicted molar refractivity (Wildman–Crippen MR) is 82.9 cm³/mol. The van der Waals surface area contributed by atoms with E-state index in [1.165, 1.54) is 10.4 Å². The molecule has 0 aromatic carbocycles. The minimum absolute atomic E-state index is 0. The summed E-state index contributed by atoms with van der Waals surface area (Å²) in [5, 5.41) is 3.11. The summed E-state index contributed by atoms with van der Waals surface area (Å²) < 4.78 is 5.30. The summed E-state index contributed by atoms with van der Waals surface area (Å²) in [5.74, 6) is 0.529. The van der Waals surface area contributed by atoms with Gasteiger partial charge in [0.1, 0.15) is 0 Å². The van der Waals surface area contributed by atoms with Crippen molar-refractivity contribution in [3.8, 4) is 0 Å². The fraction of sp³-hybridized carbons (Fsp3) is 0.643. The van der Waals surface area contributed by atoms with Crippen LogP contribution in [0.4, 0.5) is 0 Å². The van der Waals surface area contributed by atoms with E-state index in [0.717, 1.165) is 37.4 Å². The van der Waals surface area contributed by atoms with Crippen LogP contribution in [-0.2, 0) is 4.74 Å². The molecule has 1 amide bonds. The molecule has 1 aromatic heterocycles. The van der Waals surface area contributed by atoms with Crippen LogP contribution in [0.2, 0.25) is 0 Å². The van der Waals surface area contributed by atoms with Gasteiger partial charge in [0, 0.05) is 36.1 Å². The first-order valence-corrected chi connectivity index (χ1v) is 7.71. The Morgan fingerprint density at radius 1 is 1.45 bits per heavy atom. The number of rotatable bonds is 3. The zero-order valence-corrected chi connectivity index (χ0v) is 13.2. The third kappa shape index (κ3) is 3.34. The average molecular weight is 317 g/mol. The van der Waals surface area contributed by atoms with Gasteiger partial charge in [0.25, 0.3) is 5.91 Å². The fourth-order valence-corrected chi connectivity index (χ4v) is 3.64. The summed E-state index contributed by atoms with van der Waals surface area (Å²) in [7, 11) is 0. The first-order valence-electron chi connectivity index (χ1n) is 6.89. The Labute approximate surface area is 129 Å². The topological polar surface area (TPSA) is 64.3 Å². The molecule has 3 N–H and O–H groups in total. The molecule has 2 heterocycles. The highest BCUT2D eigenvalue weighted by Crippen LogP contribution is 2.43. The second-order valence-corrected chi connectivity index (χ2v) is 6.74. The quantitative estimate of drug-likeness (QED) is 0.898. The number of ether oxygens (including phenoxy) is 1. The molecule has 4 nitrogen and oxygen atoms in total. The second kappa shape index (κ2) is 6.43. The first-order chi connectivity index (χ1) is 9.15. The van der Waals surface area contributed by atoms with E-state index in [1.807, 2.05) is 6.07 Å².